The summed E-state index contributed by atoms with van der Waals surface area (Å²) in [6.45, 7) is 3.76. The van der Waals surface area contributed by atoms with Crippen LogP contribution < -0.4 is 0 Å². The zero-order valence-electron chi connectivity index (χ0n) is 6.52. The number of hydrogen-bond donors (Lipinski definition) is 0. The Balaban J connectivity index is 2.75. The highest BCUT2D eigenvalue weighted by Gasteiger charge is 2.00. The average Bonchev–Trinajstić information content (AvgIpc) is 2.07. The molecule has 0 fully saturated rings. The smallest absolute Gasteiger partial charge is 0.0542 e. The molecule has 0 saturated heterocycles. The van der Waals surface area contributed by atoms with Crippen LogP contribution in [0.1, 0.15) is 6.42 Å². The van der Waals surface area contributed by atoms with Gasteiger partial charge in [-0.25, -0.2) is 0 Å². The van der Waals surface area contributed by atoms with E-state index in [1.54, 1.807) is 17.8 Å². The van der Waals surface area contributed by atoms with Crippen LogP contribution in [0.2, 0.25) is 10.0 Å². The summed E-state index contributed by atoms with van der Waals surface area (Å²) >= 11 is 13.4. The minimum absolute atomic E-state index is 0.728. The SMILES string of the molecule is [CH2]CCSc1cc(Cl)ccc1Cl. The fraction of sp³-hybridized carbons (Fsp3) is 0.222. The van der Waals surface area contributed by atoms with Crippen molar-refractivity contribution in [2.75, 3.05) is 5.75 Å². The van der Waals surface area contributed by atoms with Gasteiger partial charge in [-0.1, -0.05) is 30.1 Å². The average molecular weight is 220 g/mol. The molecule has 65 valence electrons. The van der Waals surface area contributed by atoms with E-state index in [2.05, 4.69) is 6.92 Å². The minimum Gasteiger partial charge on any atom is -0.125 e. The Hall–Kier alpha value is 0.150. The van der Waals surface area contributed by atoms with Gasteiger partial charge in [-0.05, 0) is 30.4 Å². The Kier molecular flexibility index (Phi) is 4.27. The van der Waals surface area contributed by atoms with Crippen molar-refractivity contribution in [1.82, 2.24) is 0 Å². The lowest BCUT2D eigenvalue weighted by Crippen LogP contribution is -1.78. The van der Waals surface area contributed by atoms with Crippen LogP contribution in [-0.2, 0) is 0 Å². The molecule has 0 bridgehead atoms. The van der Waals surface area contributed by atoms with Crippen LogP contribution in [0.3, 0.4) is 0 Å². The molecule has 0 spiro atoms. The molecule has 0 atom stereocenters. The van der Waals surface area contributed by atoms with Crippen LogP contribution in [0.5, 0.6) is 0 Å². The Labute approximate surface area is 87.3 Å². The normalized spacial score (nSPS) is 10.2. The quantitative estimate of drug-likeness (QED) is 0.684. The van der Waals surface area contributed by atoms with E-state index in [1.807, 2.05) is 12.1 Å². The molecule has 1 aromatic rings. The maximum absolute atomic E-state index is 5.93. The van der Waals surface area contributed by atoms with Crippen LogP contribution in [0.15, 0.2) is 23.1 Å². The predicted octanol–water partition coefficient (Wildman–Crippen LogP) is 4.31. The molecule has 0 aromatic heterocycles. The van der Waals surface area contributed by atoms with Crippen molar-refractivity contribution in [2.45, 2.75) is 11.3 Å². The number of rotatable bonds is 3. The van der Waals surface area contributed by atoms with E-state index in [0.717, 1.165) is 27.1 Å². The van der Waals surface area contributed by atoms with Gasteiger partial charge in [0.05, 0.1) is 5.02 Å². The van der Waals surface area contributed by atoms with Gasteiger partial charge in [0.25, 0.3) is 0 Å². The minimum atomic E-state index is 0.728. The first kappa shape index (κ1) is 10.2. The molecule has 1 aromatic carbocycles. The highest BCUT2D eigenvalue weighted by molar-refractivity contribution is 7.99. The van der Waals surface area contributed by atoms with E-state index in [4.69, 9.17) is 23.2 Å². The molecule has 0 aliphatic heterocycles. The maximum atomic E-state index is 5.93. The van der Waals surface area contributed by atoms with Crippen molar-refractivity contribution in [3.63, 3.8) is 0 Å². The summed E-state index contributed by atoms with van der Waals surface area (Å²) in [4.78, 5) is 1.04. The topological polar surface area (TPSA) is 0 Å². The van der Waals surface area contributed by atoms with Crippen molar-refractivity contribution in [3.8, 4) is 0 Å². The predicted molar refractivity (Wildman–Crippen MR) is 57.2 cm³/mol. The summed E-state index contributed by atoms with van der Waals surface area (Å²) in [7, 11) is 0. The Morgan fingerprint density at radius 3 is 2.75 bits per heavy atom. The molecule has 0 N–H and O–H groups in total. The van der Waals surface area contributed by atoms with E-state index in [0.29, 0.717) is 0 Å². The van der Waals surface area contributed by atoms with Crippen LogP contribution in [0.4, 0.5) is 0 Å². The molecular formula is C9H9Cl2S. The highest BCUT2D eigenvalue weighted by atomic mass is 35.5. The Bertz CT molecular complexity index is 261. The summed E-state index contributed by atoms with van der Waals surface area (Å²) in [6.07, 6.45) is 0.896. The molecule has 3 heteroatoms. The van der Waals surface area contributed by atoms with E-state index in [1.165, 1.54) is 0 Å². The first-order valence-corrected chi connectivity index (χ1v) is 5.35. The monoisotopic (exact) mass is 219 g/mol. The first-order valence-electron chi connectivity index (χ1n) is 3.61. The second-order valence-electron chi connectivity index (χ2n) is 2.28. The molecule has 0 nitrogen and oxygen atoms in total. The first-order chi connectivity index (χ1) is 5.74. The standard InChI is InChI=1S/C9H9Cl2S/c1-2-5-12-9-6-7(10)3-4-8(9)11/h3-4,6H,1-2,5H2. The molecule has 12 heavy (non-hydrogen) atoms. The molecule has 0 heterocycles. The van der Waals surface area contributed by atoms with E-state index < -0.39 is 0 Å². The number of benzene rings is 1. The van der Waals surface area contributed by atoms with Gasteiger partial charge in [-0.15, -0.1) is 11.8 Å². The van der Waals surface area contributed by atoms with Crippen molar-refractivity contribution in [2.24, 2.45) is 0 Å². The van der Waals surface area contributed by atoms with Crippen molar-refractivity contribution >= 4 is 35.0 Å². The summed E-state index contributed by atoms with van der Waals surface area (Å²) in [5.74, 6) is 0.972. The van der Waals surface area contributed by atoms with E-state index in [-0.39, 0.29) is 0 Å². The molecule has 0 saturated carbocycles. The molecule has 1 radical (unpaired) electrons. The third-order valence-electron chi connectivity index (χ3n) is 1.30. The Morgan fingerprint density at radius 2 is 2.08 bits per heavy atom. The zero-order chi connectivity index (χ0) is 8.97. The van der Waals surface area contributed by atoms with Crippen LogP contribution in [-0.4, -0.2) is 5.75 Å². The summed E-state index contributed by atoms with van der Waals surface area (Å²) in [6, 6.07) is 5.48. The van der Waals surface area contributed by atoms with Gasteiger partial charge in [-0.2, -0.15) is 0 Å². The third-order valence-corrected chi connectivity index (χ3v) is 3.11. The van der Waals surface area contributed by atoms with Crippen LogP contribution in [0, 0.1) is 6.92 Å². The van der Waals surface area contributed by atoms with E-state index >= 15 is 0 Å². The molecule has 0 unspecified atom stereocenters. The van der Waals surface area contributed by atoms with Crippen LogP contribution >= 0.6 is 35.0 Å². The summed E-state index contributed by atoms with van der Waals surface area (Å²) in [5, 5.41) is 1.49. The molecule has 0 aliphatic rings. The fourth-order valence-electron chi connectivity index (χ4n) is 0.770. The van der Waals surface area contributed by atoms with Crippen molar-refractivity contribution in [3.05, 3.63) is 35.2 Å². The van der Waals surface area contributed by atoms with Gasteiger partial charge >= 0.3 is 0 Å². The van der Waals surface area contributed by atoms with Gasteiger partial charge in [0.15, 0.2) is 0 Å². The van der Waals surface area contributed by atoms with E-state index in [9.17, 15) is 0 Å². The van der Waals surface area contributed by atoms with Crippen molar-refractivity contribution < 1.29 is 0 Å². The molecule has 0 aliphatic carbocycles. The largest absolute Gasteiger partial charge is 0.125 e. The molecular weight excluding hydrogens is 211 g/mol. The second kappa shape index (κ2) is 5.00. The summed E-state index contributed by atoms with van der Waals surface area (Å²) < 4.78 is 0. The number of thioether (sulfide) groups is 1. The number of halogens is 2. The summed E-state index contributed by atoms with van der Waals surface area (Å²) in [5.41, 5.74) is 0. The molecule has 0 amide bonds. The highest BCUT2D eigenvalue weighted by Crippen LogP contribution is 2.29. The lowest BCUT2D eigenvalue weighted by molar-refractivity contribution is 1.24. The van der Waals surface area contributed by atoms with Gasteiger partial charge in [0, 0.05) is 9.92 Å². The number of hydrogen-bond acceptors (Lipinski definition) is 1. The van der Waals surface area contributed by atoms with Crippen molar-refractivity contribution in [1.29, 1.82) is 0 Å². The second-order valence-corrected chi connectivity index (χ2v) is 4.26. The lowest BCUT2D eigenvalue weighted by atomic mass is 10.4. The fourth-order valence-corrected chi connectivity index (χ4v) is 2.07. The van der Waals surface area contributed by atoms with Gasteiger partial charge in [-0.3, -0.25) is 0 Å². The molecule has 1 rings (SSSR count). The zero-order valence-corrected chi connectivity index (χ0v) is 8.85. The van der Waals surface area contributed by atoms with Gasteiger partial charge in [0.1, 0.15) is 0 Å². The van der Waals surface area contributed by atoms with Gasteiger partial charge < -0.3 is 0 Å². The van der Waals surface area contributed by atoms with Crippen LogP contribution in [0.25, 0.3) is 0 Å². The third kappa shape index (κ3) is 2.89. The Morgan fingerprint density at radius 1 is 1.33 bits per heavy atom. The lowest BCUT2D eigenvalue weighted by Gasteiger charge is -2.02. The van der Waals surface area contributed by atoms with Gasteiger partial charge in [0.2, 0.25) is 0 Å². The maximum Gasteiger partial charge on any atom is 0.0542 e.